The zero-order valence-electron chi connectivity index (χ0n) is 7.02. The second kappa shape index (κ2) is 2.60. The van der Waals surface area contributed by atoms with Crippen molar-refractivity contribution >= 4 is 15.6 Å². The SMILES string of the molecule is COC1=CS(=O)(=O)c2ccccc21. The molecular weight excluding hydrogens is 188 g/mol. The molecular formula is C9H8O3S. The molecule has 0 unspecified atom stereocenters. The van der Waals surface area contributed by atoms with Crippen molar-refractivity contribution < 1.29 is 13.2 Å². The van der Waals surface area contributed by atoms with Crippen LogP contribution in [0.1, 0.15) is 5.56 Å². The maximum absolute atomic E-state index is 11.5. The predicted molar refractivity (Wildman–Crippen MR) is 48.6 cm³/mol. The molecule has 1 heterocycles. The third-order valence-corrected chi connectivity index (χ3v) is 3.43. The van der Waals surface area contributed by atoms with Crippen LogP contribution in [0, 0.1) is 0 Å². The van der Waals surface area contributed by atoms with E-state index in [1.807, 2.05) is 0 Å². The van der Waals surface area contributed by atoms with Crippen molar-refractivity contribution in [3.8, 4) is 0 Å². The van der Waals surface area contributed by atoms with E-state index in [-0.39, 0.29) is 0 Å². The Morgan fingerprint density at radius 3 is 2.62 bits per heavy atom. The van der Waals surface area contributed by atoms with Crippen molar-refractivity contribution in [2.45, 2.75) is 4.90 Å². The lowest BCUT2D eigenvalue weighted by atomic mass is 10.2. The monoisotopic (exact) mass is 196 g/mol. The molecule has 1 aromatic rings. The van der Waals surface area contributed by atoms with E-state index in [1.54, 1.807) is 24.3 Å². The molecule has 4 heteroatoms. The Labute approximate surface area is 76.6 Å². The molecule has 0 saturated heterocycles. The minimum Gasteiger partial charge on any atom is -0.495 e. The Hall–Kier alpha value is -1.29. The Morgan fingerprint density at radius 2 is 1.92 bits per heavy atom. The summed E-state index contributed by atoms with van der Waals surface area (Å²) in [6, 6.07) is 6.79. The molecule has 0 fully saturated rings. The molecule has 0 saturated carbocycles. The van der Waals surface area contributed by atoms with Crippen LogP contribution in [-0.2, 0) is 14.6 Å². The standard InChI is InChI=1S/C9H8O3S/c1-12-8-6-13(10,11)9-5-3-2-4-7(8)9/h2-6H,1H3. The van der Waals surface area contributed by atoms with E-state index in [4.69, 9.17) is 4.74 Å². The van der Waals surface area contributed by atoms with Crippen molar-refractivity contribution in [3.63, 3.8) is 0 Å². The summed E-state index contributed by atoms with van der Waals surface area (Å²) in [6.45, 7) is 0. The van der Waals surface area contributed by atoms with Gasteiger partial charge in [-0.05, 0) is 12.1 Å². The lowest BCUT2D eigenvalue weighted by Crippen LogP contribution is -1.91. The van der Waals surface area contributed by atoms with Gasteiger partial charge in [-0.15, -0.1) is 0 Å². The lowest BCUT2D eigenvalue weighted by molar-refractivity contribution is 0.370. The van der Waals surface area contributed by atoms with Crippen molar-refractivity contribution in [2.24, 2.45) is 0 Å². The third kappa shape index (κ3) is 1.14. The molecule has 0 aromatic heterocycles. The second-order valence-corrected chi connectivity index (χ2v) is 4.49. The molecule has 0 radical (unpaired) electrons. The molecule has 0 aliphatic carbocycles. The van der Waals surface area contributed by atoms with Gasteiger partial charge < -0.3 is 4.74 Å². The van der Waals surface area contributed by atoms with Crippen LogP contribution < -0.4 is 0 Å². The fourth-order valence-corrected chi connectivity index (χ4v) is 2.72. The average molecular weight is 196 g/mol. The van der Waals surface area contributed by atoms with Gasteiger partial charge in [0.05, 0.1) is 17.4 Å². The number of benzene rings is 1. The number of hydrogen-bond donors (Lipinski definition) is 0. The molecule has 2 rings (SSSR count). The summed E-state index contributed by atoms with van der Waals surface area (Å²) in [5.41, 5.74) is 0.644. The van der Waals surface area contributed by atoms with E-state index in [2.05, 4.69) is 0 Å². The summed E-state index contributed by atoms with van der Waals surface area (Å²) in [4.78, 5) is 0.326. The molecule has 3 nitrogen and oxygen atoms in total. The lowest BCUT2D eigenvalue weighted by Gasteiger charge is -2.00. The van der Waals surface area contributed by atoms with Crippen molar-refractivity contribution in [1.29, 1.82) is 0 Å². The van der Waals surface area contributed by atoms with Gasteiger partial charge in [0.15, 0.2) is 0 Å². The highest BCUT2D eigenvalue weighted by Gasteiger charge is 2.26. The quantitative estimate of drug-likeness (QED) is 0.682. The summed E-state index contributed by atoms with van der Waals surface area (Å²) in [6.07, 6.45) is 0. The number of methoxy groups -OCH3 is 1. The largest absolute Gasteiger partial charge is 0.495 e. The summed E-state index contributed by atoms with van der Waals surface area (Å²) in [7, 11) is -1.79. The third-order valence-electron chi connectivity index (χ3n) is 1.94. The van der Waals surface area contributed by atoms with Gasteiger partial charge in [0.25, 0.3) is 0 Å². The number of sulfone groups is 1. The number of ether oxygens (including phenoxy) is 1. The van der Waals surface area contributed by atoms with Gasteiger partial charge in [-0.1, -0.05) is 12.1 Å². The van der Waals surface area contributed by atoms with E-state index < -0.39 is 9.84 Å². The first-order chi connectivity index (χ1) is 6.15. The van der Waals surface area contributed by atoms with Crippen molar-refractivity contribution in [3.05, 3.63) is 35.2 Å². The van der Waals surface area contributed by atoms with Crippen LogP contribution >= 0.6 is 0 Å². The van der Waals surface area contributed by atoms with Crippen LogP contribution in [0.4, 0.5) is 0 Å². The zero-order valence-corrected chi connectivity index (χ0v) is 7.84. The highest BCUT2D eigenvalue weighted by atomic mass is 32.2. The zero-order chi connectivity index (χ0) is 9.47. The maximum atomic E-state index is 11.5. The van der Waals surface area contributed by atoms with Gasteiger partial charge in [-0.3, -0.25) is 0 Å². The summed E-state index contributed by atoms with van der Waals surface area (Å²) in [5, 5.41) is 1.15. The van der Waals surface area contributed by atoms with E-state index in [9.17, 15) is 8.42 Å². The summed E-state index contributed by atoms with van der Waals surface area (Å²) >= 11 is 0. The highest BCUT2D eigenvalue weighted by molar-refractivity contribution is 7.94. The van der Waals surface area contributed by atoms with E-state index in [0.29, 0.717) is 16.2 Å². The smallest absolute Gasteiger partial charge is 0.204 e. The Balaban J connectivity index is 2.76. The van der Waals surface area contributed by atoms with Crippen LogP contribution in [0.15, 0.2) is 34.6 Å². The van der Waals surface area contributed by atoms with E-state index >= 15 is 0 Å². The summed E-state index contributed by atoms with van der Waals surface area (Å²) < 4.78 is 27.9. The van der Waals surface area contributed by atoms with Gasteiger partial charge >= 0.3 is 0 Å². The van der Waals surface area contributed by atoms with Crippen molar-refractivity contribution in [2.75, 3.05) is 7.11 Å². The van der Waals surface area contributed by atoms with Crippen LogP contribution in [0.5, 0.6) is 0 Å². The van der Waals surface area contributed by atoms with Gasteiger partial charge in [0, 0.05) is 5.56 Å². The van der Waals surface area contributed by atoms with Crippen molar-refractivity contribution in [1.82, 2.24) is 0 Å². The molecule has 1 aliphatic heterocycles. The van der Waals surface area contributed by atoms with Gasteiger partial charge in [-0.2, -0.15) is 0 Å². The Kier molecular flexibility index (Phi) is 1.66. The normalized spacial score (nSPS) is 17.8. The predicted octanol–water partition coefficient (Wildman–Crippen LogP) is 1.42. The summed E-state index contributed by atoms with van der Waals surface area (Å²) in [5.74, 6) is 0.413. The van der Waals surface area contributed by atoms with Gasteiger partial charge in [0.2, 0.25) is 9.84 Å². The number of hydrogen-bond acceptors (Lipinski definition) is 3. The molecule has 0 bridgehead atoms. The maximum Gasteiger partial charge on any atom is 0.204 e. The average Bonchev–Trinajstić information content (AvgIpc) is 2.39. The number of rotatable bonds is 1. The highest BCUT2D eigenvalue weighted by Crippen LogP contribution is 2.32. The first kappa shape index (κ1) is 8.31. The Bertz CT molecular complexity index is 471. The molecule has 0 amide bonds. The first-order valence-electron chi connectivity index (χ1n) is 3.75. The molecule has 0 N–H and O–H groups in total. The van der Waals surface area contributed by atoms with Crippen LogP contribution in [0.2, 0.25) is 0 Å². The fourth-order valence-electron chi connectivity index (χ4n) is 1.34. The van der Waals surface area contributed by atoms with Crippen LogP contribution in [0.3, 0.4) is 0 Å². The van der Waals surface area contributed by atoms with Gasteiger partial charge in [0.1, 0.15) is 5.76 Å². The molecule has 68 valence electrons. The fraction of sp³-hybridized carbons (Fsp3) is 0.111. The van der Waals surface area contributed by atoms with Crippen LogP contribution in [-0.4, -0.2) is 15.5 Å². The van der Waals surface area contributed by atoms with Gasteiger partial charge in [-0.25, -0.2) is 8.42 Å². The molecule has 1 aliphatic rings. The van der Waals surface area contributed by atoms with E-state index in [1.165, 1.54) is 7.11 Å². The minimum atomic E-state index is -3.25. The minimum absolute atomic E-state index is 0.326. The topological polar surface area (TPSA) is 43.4 Å². The molecule has 0 spiro atoms. The molecule has 0 atom stereocenters. The van der Waals surface area contributed by atoms with E-state index in [0.717, 1.165) is 5.41 Å². The Morgan fingerprint density at radius 1 is 1.23 bits per heavy atom. The van der Waals surface area contributed by atoms with Crippen LogP contribution in [0.25, 0.3) is 5.76 Å². The molecule has 13 heavy (non-hydrogen) atoms. The number of fused-ring (bicyclic) bond motifs is 1. The second-order valence-electron chi connectivity index (χ2n) is 2.73. The molecule has 1 aromatic carbocycles. The first-order valence-corrected chi connectivity index (χ1v) is 5.30.